The molecule has 29 heavy (non-hydrogen) atoms. The molecule has 0 saturated carbocycles. The van der Waals surface area contributed by atoms with Gasteiger partial charge in [-0.15, -0.1) is 0 Å². The van der Waals surface area contributed by atoms with Crippen LogP contribution in [0.25, 0.3) is 0 Å². The number of ether oxygens (including phenoxy) is 2. The SMILES string of the molecule is COc1ccc(C)cc1NC(=NC[C@@H]1CCCO1)NC(=O)c1ccc(C)c(C)c1. The largest absolute Gasteiger partial charge is 0.495 e. The maximum atomic E-state index is 12.8. The Bertz CT molecular complexity index is 902. The number of nitrogens with one attached hydrogen (secondary N) is 2. The zero-order chi connectivity index (χ0) is 20.8. The van der Waals surface area contributed by atoms with Crippen LogP contribution < -0.4 is 15.4 Å². The van der Waals surface area contributed by atoms with E-state index in [4.69, 9.17) is 9.47 Å². The van der Waals surface area contributed by atoms with Crippen LogP contribution in [0.5, 0.6) is 5.75 Å². The topological polar surface area (TPSA) is 71.9 Å². The first-order valence-electron chi connectivity index (χ1n) is 9.92. The summed E-state index contributed by atoms with van der Waals surface area (Å²) in [6, 6.07) is 11.5. The number of methoxy groups -OCH3 is 1. The van der Waals surface area contributed by atoms with Gasteiger partial charge in [-0.2, -0.15) is 0 Å². The van der Waals surface area contributed by atoms with Crippen LogP contribution in [0.15, 0.2) is 41.4 Å². The molecule has 1 amide bonds. The van der Waals surface area contributed by atoms with Crippen LogP contribution in [-0.2, 0) is 4.74 Å². The minimum Gasteiger partial charge on any atom is -0.495 e. The molecule has 2 aromatic carbocycles. The third-order valence-electron chi connectivity index (χ3n) is 5.09. The molecule has 154 valence electrons. The van der Waals surface area contributed by atoms with E-state index < -0.39 is 0 Å². The fourth-order valence-electron chi connectivity index (χ4n) is 3.20. The van der Waals surface area contributed by atoms with Crippen LogP contribution in [0.1, 0.15) is 39.9 Å². The van der Waals surface area contributed by atoms with Crippen molar-refractivity contribution >= 4 is 17.6 Å². The van der Waals surface area contributed by atoms with E-state index in [0.29, 0.717) is 23.8 Å². The van der Waals surface area contributed by atoms with Crippen LogP contribution in [0, 0.1) is 20.8 Å². The number of rotatable bonds is 5. The quantitative estimate of drug-likeness (QED) is 0.593. The second kappa shape index (κ2) is 9.56. The Morgan fingerprint density at radius 1 is 1.17 bits per heavy atom. The van der Waals surface area contributed by atoms with Crippen molar-refractivity contribution in [2.45, 2.75) is 39.7 Å². The summed E-state index contributed by atoms with van der Waals surface area (Å²) in [5.74, 6) is 0.854. The molecule has 6 heteroatoms. The smallest absolute Gasteiger partial charge is 0.257 e. The lowest BCUT2D eigenvalue weighted by Gasteiger charge is -2.16. The number of carbonyl (C=O) groups is 1. The molecule has 0 unspecified atom stereocenters. The maximum absolute atomic E-state index is 12.8. The number of benzene rings is 2. The summed E-state index contributed by atoms with van der Waals surface area (Å²) < 4.78 is 11.1. The molecule has 0 aromatic heterocycles. The first-order chi connectivity index (χ1) is 14.0. The Morgan fingerprint density at radius 3 is 2.69 bits per heavy atom. The van der Waals surface area contributed by atoms with Crippen LogP contribution >= 0.6 is 0 Å². The molecule has 0 radical (unpaired) electrons. The Morgan fingerprint density at radius 2 is 2.00 bits per heavy atom. The van der Waals surface area contributed by atoms with Crippen molar-refractivity contribution < 1.29 is 14.3 Å². The van der Waals surface area contributed by atoms with Gasteiger partial charge in [0.25, 0.3) is 5.91 Å². The number of anilines is 1. The van der Waals surface area contributed by atoms with Crippen molar-refractivity contribution in [3.63, 3.8) is 0 Å². The highest BCUT2D eigenvalue weighted by molar-refractivity contribution is 6.10. The molecular weight excluding hydrogens is 366 g/mol. The Balaban J connectivity index is 1.82. The zero-order valence-electron chi connectivity index (χ0n) is 17.5. The molecule has 3 rings (SSSR count). The van der Waals surface area contributed by atoms with Gasteiger partial charge in [-0.05, 0) is 74.6 Å². The fraction of sp³-hybridized carbons (Fsp3) is 0.391. The van der Waals surface area contributed by atoms with E-state index in [1.54, 1.807) is 7.11 Å². The van der Waals surface area contributed by atoms with Gasteiger partial charge in [-0.25, -0.2) is 4.99 Å². The van der Waals surface area contributed by atoms with E-state index in [1.807, 2.05) is 57.2 Å². The predicted molar refractivity (Wildman–Crippen MR) is 116 cm³/mol. The minimum absolute atomic E-state index is 0.0877. The highest BCUT2D eigenvalue weighted by atomic mass is 16.5. The van der Waals surface area contributed by atoms with Gasteiger partial charge in [-0.1, -0.05) is 12.1 Å². The van der Waals surface area contributed by atoms with Gasteiger partial charge >= 0.3 is 0 Å². The third kappa shape index (κ3) is 5.57. The van der Waals surface area contributed by atoms with E-state index in [2.05, 4.69) is 15.6 Å². The lowest BCUT2D eigenvalue weighted by molar-refractivity contribution is 0.0975. The van der Waals surface area contributed by atoms with Gasteiger partial charge in [0, 0.05) is 12.2 Å². The Labute approximate surface area is 172 Å². The summed E-state index contributed by atoms with van der Waals surface area (Å²) in [6.45, 7) is 7.28. The first-order valence-corrected chi connectivity index (χ1v) is 9.92. The Kier molecular flexibility index (Phi) is 6.88. The first kappa shape index (κ1) is 20.9. The number of hydrogen-bond acceptors (Lipinski definition) is 4. The molecule has 1 atom stereocenters. The van der Waals surface area contributed by atoms with Gasteiger partial charge in [0.1, 0.15) is 5.75 Å². The summed E-state index contributed by atoms with van der Waals surface area (Å²) in [7, 11) is 1.62. The molecule has 2 N–H and O–H groups in total. The maximum Gasteiger partial charge on any atom is 0.257 e. The molecule has 6 nitrogen and oxygen atoms in total. The highest BCUT2D eigenvalue weighted by Crippen LogP contribution is 2.25. The average Bonchev–Trinajstić information content (AvgIpc) is 3.22. The summed E-state index contributed by atoms with van der Waals surface area (Å²) in [4.78, 5) is 17.4. The summed E-state index contributed by atoms with van der Waals surface area (Å²) in [5, 5.41) is 6.14. The summed E-state index contributed by atoms with van der Waals surface area (Å²) >= 11 is 0. The normalized spacial score (nSPS) is 16.6. The van der Waals surface area contributed by atoms with Crippen molar-refractivity contribution in [2.24, 2.45) is 4.99 Å². The van der Waals surface area contributed by atoms with Gasteiger partial charge in [0.05, 0.1) is 25.4 Å². The molecule has 1 heterocycles. The molecule has 1 saturated heterocycles. The minimum atomic E-state index is -0.210. The van der Waals surface area contributed by atoms with Crippen LogP contribution in [0.2, 0.25) is 0 Å². The highest BCUT2D eigenvalue weighted by Gasteiger charge is 2.17. The van der Waals surface area contributed by atoms with Crippen molar-refractivity contribution in [1.82, 2.24) is 5.32 Å². The fourth-order valence-corrected chi connectivity index (χ4v) is 3.20. The van der Waals surface area contributed by atoms with E-state index in [0.717, 1.165) is 41.8 Å². The average molecular weight is 396 g/mol. The second-order valence-electron chi connectivity index (χ2n) is 7.41. The molecule has 1 fully saturated rings. The standard InChI is InChI=1S/C23H29N3O3/c1-15-7-10-21(28-4)20(12-15)25-23(24-14-19-6-5-11-29-19)26-22(27)18-9-8-16(2)17(3)13-18/h7-10,12-13,19H,5-6,11,14H2,1-4H3,(H2,24,25,26,27)/t19-/m0/s1. The third-order valence-corrected chi connectivity index (χ3v) is 5.09. The van der Waals surface area contributed by atoms with Crippen LogP contribution in [-0.4, -0.2) is 38.2 Å². The van der Waals surface area contributed by atoms with Crippen molar-refractivity contribution in [1.29, 1.82) is 0 Å². The number of amides is 1. The van der Waals surface area contributed by atoms with E-state index >= 15 is 0 Å². The molecule has 1 aliphatic heterocycles. The number of guanidine groups is 1. The zero-order valence-corrected chi connectivity index (χ0v) is 17.5. The van der Waals surface area contributed by atoms with Gasteiger partial charge < -0.3 is 14.8 Å². The second-order valence-corrected chi connectivity index (χ2v) is 7.41. The lowest BCUT2D eigenvalue weighted by Crippen LogP contribution is -2.37. The summed E-state index contributed by atoms with van der Waals surface area (Å²) in [6.07, 6.45) is 2.11. The summed E-state index contributed by atoms with van der Waals surface area (Å²) in [5.41, 5.74) is 4.64. The molecule has 0 bridgehead atoms. The number of hydrogen-bond donors (Lipinski definition) is 2. The monoisotopic (exact) mass is 395 g/mol. The van der Waals surface area contributed by atoms with Crippen molar-refractivity contribution in [3.05, 3.63) is 58.7 Å². The van der Waals surface area contributed by atoms with E-state index in [1.165, 1.54) is 0 Å². The van der Waals surface area contributed by atoms with Gasteiger partial charge in [0.2, 0.25) is 5.96 Å². The molecule has 0 spiro atoms. The Hall–Kier alpha value is -2.86. The number of carbonyl (C=O) groups excluding carboxylic acids is 1. The molecule has 0 aliphatic carbocycles. The number of nitrogens with zero attached hydrogens (tertiary/aromatic N) is 1. The van der Waals surface area contributed by atoms with E-state index in [9.17, 15) is 4.79 Å². The lowest BCUT2D eigenvalue weighted by atomic mass is 10.1. The van der Waals surface area contributed by atoms with Crippen molar-refractivity contribution in [3.8, 4) is 5.75 Å². The number of aryl methyl sites for hydroxylation is 3. The van der Waals surface area contributed by atoms with Crippen LogP contribution in [0.4, 0.5) is 5.69 Å². The van der Waals surface area contributed by atoms with Crippen molar-refractivity contribution in [2.75, 3.05) is 25.6 Å². The van der Waals surface area contributed by atoms with Crippen LogP contribution in [0.3, 0.4) is 0 Å². The number of aliphatic imine (C=N–C) groups is 1. The molecular formula is C23H29N3O3. The van der Waals surface area contributed by atoms with Gasteiger partial charge in [-0.3, -0.25) is 10.1 Å². The van der Waals surface area contributed by atoms with Gasteiger partial charge in [0.15, 0.2) is 0 Å². The van der Waals surface area contributed by atoms with E-state index in [-0.39, 0.29) is 12.0 Å². The molecule has 2 aromatic rings. The molecule has 1 aliphatic rings. The predicted octanol–water partition coefficient (Wildman–Crippen LogP) is 4.00.